The van der Waals surface area contributed by atoms with Crippen LogP contribution in [0.25, 0.3) is 0 Å². The quantitative estimate of drug-likeness (QED) is 0.613. The number of hydrogen-bond donors (Lipinski definition) is 2. The van der Waals surface area contributed by atoms with Gasteiger partial charge in [-0.15, -0.1) is 0 Å². The number of carbonyl (C=O) groups is 3. The second-order valence-electron chi connectivity index (χ2n) is 6.10. The van der Waals surface area contributed by atoms with Crippen molar-refractivity contribution < 1.29 is 19.1 Å². The lowest BCUT2D eigenvalue weighted by molar-refractivity contribution is -0.134. The van der Waals surface area contributed by atoms with E-state index < -0.39 is 12.0 Å². The first kappa shape index (κ1) is 17.8. The van der Waals surface area contributed by atoms with Crippen LogP contribution in [0.15, 0.2) is 54.6 Å². The highest BCUT2D eigenvalue weighted by Gasteiger charge is 2.26. The molecule has 2 N–H and O–H groups in total. The molecule has 3 rings (SSSR count). The third-order valence-electron chi connectivity index (χ3n) is 4.23. The van der Waals surface area contributed by atoms with Gasteiger partial charge in [-0.3, -0.25) is 14.9 Å². The minimum Gasteiger partial charge on any atom is -0.457 e. The fourth-order valence-corrected chi connectivity index (χ4v) is 2.80. The lowest BCUT2D eigenvalue weighted by atomic mass is 10.0. The van der Waals surface area contributed by atoms with Crippen LogP contribution in [0.2, 0.25) is 0 Å². The summed E-state index contributed by atoms with van der Waals surface area (Å²) in [5.74, 6) is -0.988. The van der Waals surface area contributed by atoms with Gasteiger partial charge >= 0.3 is 5.97 Å². The van der Waals surface area contributed by atoms with E-state index >= 15 is 0 Å². The largest absolute Gasteiger partial charge is 0.457 e. The molecule has 2 aromatic carbocycles. The van der Waals surface area contributed by atoms with Crippen LogP contribution in [0.1, 0.15) is 34.3 Å². The summed E-state index contributed by atoms with van der Waals surface area (Å²) in [6.45, 7) is 0.539. The minimum absolute atomic E-state index is 0.203. The molecule has 0 aromatic heterocycles. The molecule has 1 aliphatic heterocycles. The van der Waals surface area contributed by atoms with E-state index in [2.05, 4.69) is 10.6 Å². The number of nitrogens with one attached hydrogen (secondary N) is 2. The zero-order valence-electron chi connectivity index (χ0n) is 14.2. The Morgan fingerprint density at radius 1 is 1.08 bits per heavy atom. The van der Waals surface area contributed by atoms with Crippen LogP contribution in [0.3, 0.4) is 0 Å². The van der Waals surface area contributed by atoms with Crippen molar-refractivity contribution in [3.63, 3.8) is 0 Å². The third-order valence-corrected chi connectivity index (χ3v) is 4.23. The number of imide groups is 1. The van der Waals surface area contributed by atoms with E-state index in [9.17, 15) is 14.4 Å². The van der Waals surface area contributed by atoms with E-state index in [1.54, 1.807) is 12.1 Å². The summed E-state index contributed by atoms with van der Waals surface area (Å²) in [5, 5.41) is 5.41. The standard InChI is InChI=1S/C20H20N2O4/c23-18-11-10-17(19(24)22-18)21-12-15-8-4-5-9-16(15)20(25)26-13-14-6-2-1-3-7-14/h1-9,17,21H,10-13H2,(H,22,23,24). The number of benzene rings is 2. The molecule has 2 aromatic rings. The Labute approximate surface area is 151 Å². The Bertz CT molecular complexity index is 804. The predicted molar refractivity (Wildman–Crippen MR) is 95.0 cm³/mol. The number of amides is 2. The Hall–Kier alpha value is -2.99. The van der Waals surface area contributed by atoms with Crippen LogP contribution < -0.4 is 10.6 Å². The van der Waals surface area contributed by atoms with Gasteiger partial charge in [-0.2, -0.15) is 0 Å². The zero-order chi connectivity index (χ0) is 18.4. The molecule has 1 aliphatic rings. The Morgan fingerprint density at radius 2 is 1.81 bits per heavy atom. The molecule has 0 spiro atoms. The maximum absolute atomic E-state index is 12.4. The van der Waals surface area contributed by atoms with E-state index in [1.165, 1.54) is 0 Å². The van der Waals surface area contributed by atoms with Crippen LogP contribution in [-0.2, 0) is 27.5 Å². The lowest BCUT2D eigenvalue weighted by Crippen LogP contribution is -2.50. The van der Waals surface area contributed by atoms with Gasteiger partial charge in [0.05, 0.1) is 11.6 Å². The molecule has 6 heteroatoms. The number of esters is 1. The highest BCUT2D eigenvalue weighted by molar-refractivity contribution is 6.00. The summed E-state index contributed by atoms with van der Waals surface area (Å²) in [7, 11) is 0. The molecule has 134 valence electrons. The summed E-state index contributed by atoms with van der Waals surface area (Å²) >= 11 is 0. The van der Waals surface area contributed by atoms with Gasteiger partial charge in [-0.05, 0) is 23.6 Å². The average Bonchev–Trinajstić information content (AvgIpc) is 2.66. The van der Waals surface area contributed by atoms with Gasteiger partial charge in [0.25, 0.3) is 0 Å². The molecule has 6 nitrogen and oxygen atoms in total. The predicted octanol–water partition coefficient (Wildman–Crippen LogP) is 1.94. The van der Waals surface area contributed by atoms with Crippen molar-refractivity contribution >= 4 is 17.8 Å². The van der Waals surface area contributed by atoms with Gasteiger partial charge in [0.1, 0.15) is 6.61 Å². The normalized spacial score (nSPS) is 16.8. The molecule has 0 saturated carbocycles. The van der Waals surface area contributed by atoms with Crippen molar-refractivity contribution in [2.45, 2.75) is 32.0 Å². The Morgan fingerprint density at radius 3 is 2.58 bits per heavy atom. The Kier molecular flexibility index (Phi) is 5.76. The zero-order valence-corrected chi connectivity index (χ0v) is 14.2. The van der Waals surface area contributed by atoms with E-state index in [0.29, 0.717) is 24.9 Å². The van der Waals surface area contributed by atoms with Gasteiger partial charge in [0, 0.05) is 13.0 Å². The van der Waals surface area contributed by atoms with Crippen LogP contribution in [-0.4, -0.2) is 23.8 Å². The number of hydrogen-bond acceptors (Lipinski definition) is 5. The summed E-state index contributed by atoms with van der Waals surface area (Å²) in [6.07, 6.45) is 0.759. The van der Waals surface area contributed by atoms with Gasteiger partial charge in [-0.25, -0.2) is 4.79 Å². The second-order valence-corrected chi connectivity index (χ2v) is 6.10. The molecule has 1 fully saturated rings. The van der Waals surface area contributed by atoms with Crippen molar-refractivity contribution in [3.8, 4) is 0 Å². The first-order valence-electron chi connectivity index (χ1n) is 8.49. The minimum atomic E-state index is -0.443. The molecule has 0 radical (unpaired) electrons. The summed E-state index contributed by atoms with van der Waals surface area (Å²) < 4.78 is 5.39. The summed E-state index contributed by atoms with van der Waals surface area (Å²) in [5.41, 5.74) is 2.12. The van der Waals surface area contributed by atoms with Gasteiger partial charge in [0.15, 0.2) is 0 Å². The maximum Gasteiger partial charge on any atom is 0.338 e. The number of rotatable bonds is 6. The first-order valence-corrected chi connectivity index (χ1v) is 8.49. The molecule has 26 heavy (non-hydrogen) atoms. The fourth-order valence-electron chi connectivity index (χ4n) is 2.80. The number of ether oxygens (including phenoxy) is 1. The second kappa shape index (κ2) is 8.40. The van der Waals surface area contributed by atoms with E-state index in [-0.39, 0.29) is 18.4 Å². The first-order chi connectivity index (χ1) is 12.6. The van der Waals surface area contributed by atoms with Crippen molar-refractivity contribution in [2.75, 3.05) is 0 Å². The molecule has 2 amide bonds. The summed E-state index contributed by atoms with van der Waals surface area (Å²) in [4.78, 5) is 35.4. The molecule has 1 saturated heterocycles. The molecule has 1 atom stereocenters. The highest BCUT2D eigenvalue weighted by Crippen LogP contribution is 2.13. The summed E-state index contributed by atoms with van der Waals surface area (Å²) in [6, 6.07) is 16.1. The van der Waals surface area contributed by atoms with Gasteiger partial charge < -0.3 is 10.1 Å². The van der Waals surface area contributed by atoms with Gasteiger partial charge in [-0.1, -0.05) is 48.5 Å². The van der Waals surface area contributed by atoms with E-state index in [4.69, 9.17) is 4.74 Å². The topological polar surface area (TPSA) is 84.5 Å². The molecular weight excluding hydrogens is 332 g/mol. The SMILES string of the molecule is O=C1CCC(NCc2ccccc2C(=O)OCc2ccccc2)C(=O)N1. The van der Waals surface area contributed by atoms with Crippen LogP contribution in [0.4, 0.5) is 0 Å². The molecule has 1 unspecified atom stereocenters. The van der Waals surface area contributed by atoms with Crippen LogP contribution >= 0.6 is 0 Å². The lowest BCUT2D eigenvalue weighted by Gasteiger charge is -2.22. The molecule has 0 bridgehead atoms. The molecule has 1 heterocycles. The average molecular weight is 352 g/mol. The fraction of sp³-hybridized carbons (Fsp3) is 0.250. The number of carbonyl (C=O) groups excluding carboxylic acids is 3. The molecule has 0 aliphatic carbocycles. The Balaban J connectivity index is 1.61. The highest BCUT2D eigenvalue weighted by atomic mass is 16.5. The van der Waals surface area contributed by atoms with Crippen molar-refractivity contribution in [1.29, 1.82) is 0 Å². The van der Waals surface area contributed by atoms with Crippen molar-refractivity contribution in [3.05, 3.63) is 71.3 Å². The van der Waals surface area contributed by atoms with E-state index in [0.717, 1.165) is 11.1 Å². The van der Waals surface area contributed by atoms with E-state index in [1.807, 2.05) is 42.5 Å². The van der Waals surface area contributed by atoms with Crippen LogP contribution in [0.5, 0.6) is 0 Å². The maximum atomic E-state index is 12.4. The third kappa shape index (κ3) is 4.55. The van der Waals surface area contributed by atoms with Gasteiger partial charge in [0.2, 0.25) is 11.8 Å². The van der Waals surface area contributed by atoms with Crippen molar-refractivity contribution in [1.82, 2.24) is 10.6 Å². The monoisotopic (exact) mass is 352 g/mol. The smallest absolute Gasteiger partial charge is 0.338 e. The van der Waals surface area contributed by atoms with Crippen LogP contribution in [0, 0.1) is 0 Å². The molecular formula is C20H20N2O4. The number of piperidine rings is 1. The van der Waals surface area contributed by atoms with Crippen molar-refractivity contribution in [2.24, 2.45) is 0 Å².